The molecule has 2 nitrogen and oxygen atoms in total. The topological polar surface area (TPSA) is 35.2 Å². The van der Waals surface area contributed by atoms with Gasteiger partial charge >= 0.3 is 0 Å². The Bertz CT molecular complexity index is 536. The summed E-state index contributed by atoms with van der Waals surface area (Å²) in [6.07, 6.45) is 2.76. The van der Waals surface area contributed by atoms with Crippen LogP contribution >= 0.6 is 0 Å². The van der Waals surface area contributed by atoms with Crippen LogP contribution in [0.15, 0.2) is 48.5 Å². The quantitative estimate of drug-likeness (QED) is 0.767. The van der Waals surface area contributed by atoms with E-state index in [1.165, 1.54) is 17.7 Å². The Kier molecular flexibility index (Phi) is 5.76. The molecule has 0 spiro atoms. The number of ether oxygens (including phenoxy) is 1. The first-order chi connectivity index (χ1) is 10.2. The predicted molar refractivity (Wildman–Crippen MR) is 83.9 cm³/mol. The Morgan fingerprint density at radius 1 is 1.00 bits per heavy atom. The maximum atomic E-state index is 13.1. The summed E-state index contributed by atoms with van der Waals surface area (Å²) in [7, 11) is 0. The number of halogens is 1. The summed E-state index contributed by atoms with van der Waals surface area (Å²) in [6.45, 7) is 2.73. The minimum Gasteiger partial charge on any atom is -0.486 e. The lowest BCUT2D eigenvalue weighted by Crippen LogP contribution is -2.09. The number of rotatable bonds is 7. The molecular formula is C18H22FNO. The second kappa shape index (κ2) is 7.79. The van der Waals surface area contributed by atoms with Crippen LogP contribution in [-0.4, -0.2) is 6.54 Å². The van der Waals surface area contributed by atoms with Gasteiger partial charge in [-0.3, -0.25) is 0 Å². The molecule has 0 saturated carbocycles. The van der Waals surface area contributed by atoms with Crippen molar-refractivity contribution in [3.63, 3.8) is 0 Å². The molecule has 2 aromatic carbocycles. The van der Waals surface area contributed by atoms with Gasteiger partial charge < -0.3 is 10.5 Å². The average Bonchev–Trinajstić information content (AvgIpc) is 2.49. The summed E-state index contributed by atoms with van der Waals surface area (Å²) in [5, 5.41) is 0. The zero-order chi connectivity index (χ0) is 15.1. The molecule has 0 aliphatic carbocycles. The average molecular weight is 287 g/mol. The van der Waals surface area contributed by atoms with Crippen molar-refractivity contribution in [3.8, 4) is 5.75 Å². The van der Waals surface area contributed by atoms with Gasteiger partial charge in [0.25, 0.3) is 0 Å². The Balaban J connectivity index is 2.11. The predicted octanol–water partition coefficient (Wildman–Crippen LogP) is 4.38. The SMILES string of the molecule is Cc1ccc(OC(CCCCN)c2ccc(F)cc2)cc1. The highest BCUT2D eigenvalue weighted by atomic mass is 19.1. The number of hydrogen-bond donors (Lipinski definition) is 1. The number of aryl methyl sites for hydroxylation is 1. The van der Waals surface area contributed by atoms with Crippen LogP contribution in [0.1, 0.15) is 36.5 Å². The highest BCUT2D eigenvalue weighted by Gasteiger charge is 2.13. The van der Waals surface area contributed by atoms with E-state index in [1.54, 1.807) is 12.1 Å². The molecule has 2 rings (SSSR count). The van der Waals surface area contributed by atoms with Crippen LogP contribution in [0.25, 0.3) is 0 Å². The van der Waals surface area contributed by atoms with Crippen molar-refractivity contribution in [2.75, 3.05) is 6.54 Å². The second-order valence-corrected chi connectivity index (χ2v) is 5.26. The van der Waals surface area contributed by atoms with Crippen LogP contribution in [0, 0.1) is 12.7 Å². The second-order valence-electron chi connectivity index (χ2n) is 5.26. The van der Waals surface area contributed by atoms with Gasteiger partial charge in [-0.2, -0.15) is 0 Å². The normalized spacial score (nSPS) is 12.1. The van der Waals surface area contributed by atoms with Crippen molar-refractivity contribution in [2.45, 2.75) is 32.3 Å². The number of benzene rings is 2. The molecule has 0 aromatic heterocycles. The Morgan fingerprint density at radius 3 is 2.29 bits per heavy atom. The van der Waals surface area contributed by atoms with Crippen LogP contribution in [-0.2, 0) is 0 Å². The summed E-state index contributed by atoms with van der Waals surface area (Å²) >= 11 is 0. The zero-order valence-corrected chi connectivity index (χ0v) is 12.4. The minimum absolute atomic E-state index is 0.0696. The van der Waals surface area contributed by atoms with Crippen molar-refractivity contribution in [3.05, 3.63) is 65.5 Å². The van der Waals surface area contributed by atoms with Crippen molar-refractivity contribution in [1.29, 1.82) is 0 Å². The molecule has 0 amide bonds. The lowest BCUT2D eigenvalue weighted by atomic mass is 10.0. The third-order valence-electron chi connectivity index (χ3n) is 3.46. The van der Waals surface area contributed by atoms with Gasteiger partial charge in [-0.25, -0.2) is 4.39 Å². The van der Waals surface area contributed by atoms with Crippen LogP contribution < -0.4 is 10.5 Å². The molecule has 1 atom stereocenters. The Morgan fingerprint density at radius 2 is 1.67 bits per heavy atom. The van der Waals surface area contributed by atoms with Crippen molar-refractivity contribution < 1.29 is 9.13 Å². The van der Waals surface area contributed by atoms with E-state index in [0.29, 0.717) is 6.54 Å². The van der Waals surface area contributed by atoms with Crippen LogP contribution in [0.4, 0.5) is 4.39 Å². The molecule has 0 radical (unpaired) electrons. The first kappa shape index (κ1) is 15.5. The lowest BCUT2D eigenvalue weighted by Gasteiger charge is -2.20. The highest BCUT2D eigenvalue weighted by molar-refractivity contribution is 5.28. The third-order valence-corrected chi connectivity index (χ3v) is 3.46. The van der Waals surface area contributed by atoms with Crippen LogP contribution in [0.5, 0.6) is 5.75 Å². The Labute approximate surface area is 125 Å². The fourth-order valence-corrected chi connectivity index (χ4v) is 2.23. The molecule has 0 aliphatic rings. The van der Waals surface area contributed by atoms with E-state index in [0.717, 1.165) is 30.6 Å². The van der Waals surface area contributed by atoms with Gasteiger partial charge in [0.1, 0.15) is 17.7 Å². The standard InChI is InChI=1S/C18H22FNO/c1-14-5-11-17(12-6-14)21-18(4-2-3-13-20)15-7-9-16(19)10-8-15/h5-12,18H,2-4,13,20H2,1H3. The fraction of sp³-hybridized carbons (Fsp3) is 0.333. The van der Waals surface area contributed by atoms with Crippen molar-refractivity contribution in [1.82, 2.24) is 0 Å². The van der Waals surface area contributed by atoms with E-state index in [9.17, 15) is 4.39 Å². The first-order valence-corrected chi connectivity index (χ1v) is 7.38. The smallest absolute Gasteiger partial charge is 0.124 e. The summed E-state index contributed by atoms with van der Waals surface area (Å²) in [6, 6.07) is 14.5. The van der Waals surface area contributed by atoms with E-state index in [4.69, 9.17) is 10.5 Å². The van der Waals surface area contributed by atoms with E-state index in [2.05, 4.69) is 0 Å². The van der Waals surface area contributed by atoms with Crippen LogP contribution in [0.3, 0.4) is 0 Å². The molecule has 1 unspecified atom stereocenters. The molecule has 112 valence electrons. The van der Waals surface area contributed by atoms with Gasteiger partial charge in [-0.15, -0.1) is 0 Å². The minimum atomic E-state index is -0.227. The Hall–Kier alpha value is -1.87. The van der Waals surface area contributed by atoms with Gasteiger partial charge in [-0.05, 0) is 62.6 Å². The maximum absolute atomic E-state index is 13.1. The molecule has 2 N–H and O–H groups in total. The van der Waals surface area contributed by atoms with E-state index >= 15 is 0 Å². The van der Waals surface area contributed by atoms with Crippen molar-refractivity contribution in [2.24, 2.45) is 5.73 Å². The summed E-state index contributed by atoms with van der Waals surface area (Å²) < 4.78 is 19.1. The lowest BCUT2D eigenvalue weighted by molar-refractivity contribution is 0.191. The molecule has 0 bridgehead atoms. The monoisotopic (exact) mass is 287 g/mol. The number of nitrogens with two attached hydrogens (primary N) is 1. The zero-order valence-electron chi connectivity index (χ0n) is 12.4. The summed E-state index contributed by atoms with van der Waals surface area (Å²) in [5.74, 6) is 0.609. The van der Waals surface area contributed by atoms with Gasteiger partial charge in [-0.1, -0.05) is 29.8 Å². The molecule has 0 aliphatic heterocycles. The van der Waals surface area contributed by atoms with Gasteiger partial charge in [0.05, 0.1) is 0 Å². The molecule has 0 fully saturated rings. The number of hydrogen-bond acceptors (Lipinski definition) is 2. The highest BCUT2D eigenvalue weighted by Crippen LogP contribution is 2.27. The van der Waals surface area contributed by atoms with Crippen molar-refractivity contribution >= 4 is 0 Å². The van der Waals surface area contributed by atoms with Gasteiger partial charge in [0, 0.05) is 0 Å². The van der Waals surface area contributed by atoms with Crippen LogP contribution in [0.2, 0.25) is 0 Å². The van der Waals surface area contributed by atoms with E-state index in [1.807, 2.05) is 31.2 Å². The largest absolute Gasteiger partial charge is 0.486 e. The molecule has 21 heavy (non-hydrogen) atoms. The van der Waals surface area contributed by atoms with Gasteiger partial charge in [0.15, 0.2) is 0 Å². The molecule has 3 heteroatoms. The fourth-order valence-electron chi connectivity index (χ4n) is 2.23. The third kappa shape index (κ3) is 4.87. The molecule has 0 heterocycles. The molecule has 0 saturated heterocycles. The van der Waals surface area contributed by atoms with E-state index < -0.39 is 0 Å². The summed E-state index contributed by atoms with van der Waals surface area (Å²) in [5.41, 5.74) is 7.74. The number of unbranched alkanes of at least 4 members (excludes halogenated alkanes) is 1. The van der Waals surface area contributed by atoms with Gasteiger partial charge in [0.2, 0.25) is 0 Å². The maximum Gasteiger partial charge on any atom is 0.124 e. The molecular weight excluding hydrogens is 265 g/mol. The first-order valence-electron chi connectivity index (χ1n) is 7.38. The summed E-state index contributed by atoms with van der Waals surface area (Å²) in [4.78, 5) is 0. The molecule has 2 aromatic rings. The van der Waals surface area contributed by atoms with E-state index in [-0.39, 0.29) is 11.9 Å².